The lowest BCUT2D eigenvalue weighted by Gasteiger charge is -2.09. The zero-order valence-corrected chi connectivity index (χ0v) is 8.56. The molecule has 0 amide bonds. The Bertz CT molecular complexity index is 322. The molecule has 0 saturated carbocycles. The van der Waals surface area contributed by atoms with Crippen LogP contribution in [0.4, 0.5) is 0 Å². The van der Waals surface area contributed by atoms with Crippen molar-refractivity contribution in [3.63, 3.8) is 0 Å². The zero-order valence-electron chi connectivity index (χ0n) is 8.56. The highest BCUT2D eigenvalue weighted by atomic mass is 16.3. The van der Waals surface area contributed by atoms with Gasteiger partial charge in [-0.05, 0) is 30.5 Å². The van der Waals surface area contributed by atoms with E-state index in [1.807, 2.05) is 12.1 Å². The summed E-state index contributed by atoms with van der Waals surface area (Å²) in [4.78, 5) is 0. The predicted molar refractivity (Wildman–Crippen MR) is 57.1 cm³/mol. The van der Waals surface area contributed by atoms with Gasteiger partial charge in [0.1, 0.15) is 0 Å². The molecule has 1 aromatic rings. The van der Waals surface area contributed by atoms with Crippen LogP contribution in [0, 0.1) is 17.2 Å². The van der Waals surface area contributed by atoms with Crippen LogP contribution in [-0.2, 0) is 6.42 Å². The molecular weight excluding hydrogens is 190 g/mol. The molecule has 80 valence electrons. The molecule has 3 heteroatoms. The number of aliphatic hydroxyl groups excluding tert-OH is 2. The summed E-state index contributed by atoms with van der Waals surface area (Å²) in [5.74, 6) is -0.0411. The fourth-order valence-corrected chi connectivity index (χ4v) is 1.36. The van der Waals surface area contributed by atoms with Gasteiger partial charge in [0.2, 0.25) is 0 Å². The van der Waals surface area contributed by atoms with Crippen molar-refractivity contribution < 1.29 is 10.2 Å². The predicted octanol–water partition coefficient (Wildman–Crippen LogP) is 1.09. The van der Waals surface area contributed by atoms with Gasteiger partial charge in [-0.2, -0.15) is 5.26 Å². The molecule has 2 N–H and O–H groups in total. The van der Waals surface area contributed by atoms with Gasteiger partial charge in [-0.15, -0.1) is 0 Å². The molecule has 0 bridgehead atoms. The molecule has 0 radical (unpaired) electrons. The third kappa shape index (κ3) is 3.70. The Morgan fingerprint density at radius 2 is 1.73 bits per heavy atom. The first-order valence-corrected chi connectivity index (χ1v) is 5.01. The molecular formula is C12H15NO2. The molecule has 0 saturated heterocycles. The van der Waals surface area contributed by atoms with Crippen LogP contribution in [0.2, 0.25) is 0 Å². The van der Waals surface area contributed by atoms with Crippen molar-refractivity contribution in [2.45, 2.75) is 12.8 Å². The fraction of sp³-hybridized carbons (Fsp3) is 0.417. The van der Waals surface area contributed by atoms with Crippen LogP contribution >= 0.6 is 0 Å². The monoisotopic (exact) mass is 205 g/mol. The van der Waals surface area contributed by atoms with E-state index in [0.717, 1.165) is 18.4 Å². The van der Waals surface area contributed by atoms with Crippen LogP contribution in [0.25, 0.3) is 0 Å². The Morgan fingerprint density at radius 3 is 2.20 bits per heavy atom. The van der Waals surface area contributed by atoms with Gasteiger partial charge in [0.15, 0.2) is 0 Å². The van der Waals surface area contributed by atoms with E-state index in [1.54, 1.807) is 12.1 Å². The van der Waals surface area contributed by atoms with E-state index in [4.69, 9.17) is 15.5 Å². The summed E-state index contributed by atoms with van der Waals surface area (Å²) < 4.78 is 0. The first-order chi connectivity index (χ1) is 7.30. The normalized spacial score (nSPS) is 10.3. The minimum Gasteiger partial charge on any atom is -0.396 e. The average Bonchev–Trinajstić information content (AvgIpc) is 2.31. The Kier molecular flexibility index (Phi) is 4.82. The largest absolute Gasteiger partial charge is 0.396 e. The second-order valence-corrected chi connectivity index (χ2v) is 3.58. The molecule has 3 nitrogen and oxygen atoms in total. The molecule has 0 aliphatic rings. The van der Waals surface area contributed by atoms with Gasteiger partial charge in [-0.1, -0.05) is 12.1 Å². The maximum absolute atomic E-state index is 8.88. The zero-order chi connectivity index (χ0) is 11.1. The van der Waals surface area contributed by atoms with Crippen LogP contribution < -0.4 is 0 Å². The molecule has 0 aromatic heterocycles. The molecule has 0 aliphatic heterocycles. The summed E-state index contributed by atoms with van der Waals surface area (Å²) in [6.07, 6.45) is 1.58. The van der Waals surface area contributed by atoms with E-state index < -0.39 is 0 Å². The highest BCUT2D eigenvalue weighted by Gasteiger charge is 2.05. The van der Waals surface area contributed by atoms with Gasteiger partial charge in [-0.25, -0.2) is 0 Å². The average molecular weight is 205 g/mol. The number of nitrogens with zero attached hydrogens (tertiary/aromatic N) is 1. The van der Waals surface area contributed by atoms with Crippen molar-refractivity contribution in [3.05, 3.63) is 35.4 Å². The third-order valence-electron chi connectivity index (χ3n) is 2.44. The van der Waals surface area contributed by atoms with Crippen molar-refractivity contribution in [2.24, 2.45) is 5.92 Å². The van der Waals surface area contributed by atoms with Crippen LogP contribution in [-0.4, -0.2) is 23.4 Å². The van der Waals surface area contributed by atoms with Gasteiger partial charge in [-0.3, -0.25) is 0 Å². The smallest absolute Gasteiger partial charge is 0.0991 e. The third-order valence-corrected chi connectivity index (χ3v) is 2.44. The van der Waals surface area contributed by atoms with Gasteiger partial charge >= 0.3 is 0 Å². The number of rotatable bonds is 5. The number of hydrogen-bond donors (Lipinski definition) is 2. The van der Waals surface area contributed by atoms with Crippen molar-refractivity contribution in [1.82, 2.24) is 0 Å². The van der Waals surface area contributed by atoms with E-state index in [1.165, 1.54) is 0 Å². The van der Waals surface area contributed by atoms with E-state index >= 15 is 0 Å². The van der Waals surface area contributed by atoms with Gasteiger partial charge in [0.05, 0.1) is 11.6 Å². The molecule has 0 atom stereocenters. The first-order valence-electron chi connectivity index (χ1n) is 5.01. The number of aliphatic hydroxyl groups is 2. The number of hydrogen-bond acceptors (Lipinski definition) is 3. The highest BCUT2D eigenvalue weighted by Crippen LogP contribution is 2.10. The van der Waals surface area contributed by atoms with Crippen LogP contribution in [0.15, 0.2) is 24.3 Å². The summed E-state index contributed by atoms with van der Waals surface area (Å²) in [7, 11) is 0. The Balaban J connectivity index is 2.48. The molecule has 0 unspecified atom stereocenters. The lowest BCUT2D eigenvalue weighted by Crippen LogP contribution is -2.11. The van der Waals surface area contributed by atoms with Crippen molar-refractivity contribution in [3.8, 4) is 6.07 Å². The summed E-state index contributed by atoms with van der Waals surface area (Å²) >= 11 is 0. The standard InChI is InChI=1S/C12H15NO2/c13-7-11-4-1-10(2-5-11)3-6-12(8-14)9-15/h1-2,4-5,12,14-15H,3,6,8-9H2. The van der Waals surface area contributed by atoms with Crippen LogP contribution in [0.5, 0.6) is 0 Å². The van der Waals surface area contributed by atoms with E-state index in [0.29, 0.717) is 5.56 Å². The number of aryl methyl sites for hydroxylation is 1. The summed E-state index contributed by atoms with van der Waals surface area (Å²) in [5, 5.41) is 26.4. The van der Waals surface area contributed by atoms with Crippen molar-refractivity contribution >= 4 is 0 Å². The SMILES string of the molecule is N#Cc1ccc(CCC(CO)CO)cc1. The molecule has 1 aromatic carbocycles. The molecule has 0 fully saturated rings. The van der Waals surface area contributed by atoms with Crippen LogP contribution in [0.1, 0.15) is 17.5 Å². The topological polar surface area (TPSA) is 64.2 Å². The quantitative estimate of drug-likeness (QED) is 0.756. The lowest BCUT2D eigenvalue weighted by molar-refractivity contribution is 0.144. The minimum atomic E-state index is -0.0411. The summed E-state index contributed by atoms with van der Waals surface area (Å²) in [6, 6.07) is 9.44. The van der Waals surface area contributed by atoms with E-state index in [2.05, 4.69) is 6.07 Å². The summed E-state index contributed by atoms with van der Waals surface area (Å²) in [6.45, 7) is 0.0412. The van der Waals surface area contributed by atoms with Crippen molar-refractivity contribution in [1.29, 1.82) is 5.26 Å². The summed E-state index contributed by atoms with van der Waals surface area (Å²) in [5.41, 5.74) is 1.78. The maximum Gasteiger partial charge on any atom is 0.0991 e. The minimum absolute atomic E-state index is 0.0206. The fourth-order valence-electron chi connectivity index (χ4n) is 1.36. The van der Waals surface area contributed by atoms with Crippen LogP contribution in [0.3, 0.4) is 0 Å². The van der Waals surface area contributed by atoms with E-state index in [-0.39, 0.29) is 19.1 Å². The van der Waals surface area contributed by atoms with Gasteiger partial charge in [0, 0.05) is 19.1 Å². The second-order valence-electron chi connectivity index (χ2n) is 3.58. The van der Waals surface area contributed by atoms with Gasteiger partial charge in [0.25, 0.3) is 0 Å². The number of nitriles is 1. The Morgan fingerprint density at radius 1 is 1.13 bits per heavy atom. The molecule has 1 rings (SSSR count). The maximum atomic E-state index is 8.88. The molecule has 0 spiro atoms. The molecule has 0 heterocycles. The highest BCUT2D eigenvalue weighted by molar-refractivity contribution is 5.31. The second kappa shape index (κ2) is 6.18. The van der Waals surface area contributed by atoms with Gasteiger partial charge < -0.3 is 10.2 Å². The Hall–Kier alpha value is -1.37. The molecule has 0 aliphatic carbocycles. The lowest BCUT2D eigenvalue weighted by atomic mass is 10.0. The molecule has 15 heavy (non-hydrogen) atoms. The van der Waals surface area contributed by atoms with Crippen molar-refractivity contribution in [2.75, 3.05) is 13.2 Å². The van der Waals surface area contributed by atoms with E-state index in [9.17, 15) is 0 Å². The number of benzene rings is 1. The first kappa shape index (κ1) is 11.7. The Labute approximate surface area is 89.6 Å².